The molecular weight excluding hydrogens is 236 g/mol. The van der Waals surface area contributed by atoms with Crippen molar-refractivity contribution >= 4 is 0 Å². The van der Waals surface area contributed by atoms with E-state index in [4.69, 9.17) is 10.5 Å². The molecule has 0 aliphatic carbocycles. The molecule has 1 atom stereocenters. The molecule has 1 fully saturated rings. The van der Waals surface area contributed by atoms with Crippen LogP contribution in [0.3, 0.4) is 0 Å². The van der Waals surface area contributed by atoms with Crippen molar-refractivity contribution in [2.75, 3.05) is 26.2 Å². The van der Waals surface area contributed by atoms with Gasteiger partial charge in [-0.3, -0.25) is 4.90 Å². The number of ether oxygens (including phenoxy) is 1. The molecule has 3 rings (SSSR count). The number of nitrogens with two attached hydrogens (primary N) is 1. The molecule has 1 saturated heterocycles. The predicted octanol–water partition coefficient (Wildman–Crippen LogP) is 2.03. The molecule has 2 aliphatic rings. The van der Waals surface area contributed by atoms with Gasteiger partial charge in [-0.1, -0.05) is 12.1 Å². The lowest BCUT2D eigenvalue weighted by Crippen LogP contribution is -2.43. The van der Waals surface area contributed by atoms with Gasteiger partial charge >= 0.3 is 0 Å². The number of hydrogen-bond donors (Lipinski definition) is 1. The van der Waals surface area contributed by atoms with Crippen LogP contribution in [0, 0.1) is 13.8 Å². The maximum Gasteiger partial charge on any atom is 0.126 e. The summed E-state index contributed by atoms with van der Waals surface area (Å²) in [6.07, 6.45) is 3.43. The number of nitrogens with zero attached hydrogens (tertiary/aromatic N) is 1. The van der Waals surface area contributed by atoms with E-state index in [2.05, 4.69) is 30.9 Å². The lowest BCUT2D eigenvalue weighted by molar-refractivity contribution is 0.0540. The average Bonchev–Trinajstić information content (AvgIpc) is 2.78. The van der Waals surface area contributed by atoms with Crippen molar-refractivity contribution < 1.29 is 4.74 Å². The fourth-order valence-corrected chi connectivity index (χ4v) is 3.40. The topological polar surface area (TPSA) is 38.5 Å². The SMILES string of the molecule is Cc1ccc2c(c1C)OC1(CC2)CCN(CCN)C1. The maximum atomic E-state index is 6.49. The van der Waals surface area contributed by atoms with Crippen LogP contribution in [-0.4, -0.2) is 36.7 Å². The highest BCUT2D eigenvalue weighted by molar-refractivity contribution is 5.47. The second kappa shape index (κ2) is 4.80. The Hall–Kier alpha value is -1.06. The predicted molar refractivity (Wildman–Crippen MR) is 77.7 cm³/mol. The Morgan fingerprint density at radius 1 is 1.32 bits per heavy atom. The second-order valence-corrected chi connectivity index (χ2v) is 6.10. The molecule has 0 radical (unpaired) electrons. The van der Waals surface area contributed by atoms with Gasteiger partial charge in [0.15, 0.2) is 0 Å². The van der Waals surface area contributed by atoms with Gasteiger partial charge in [0, 0.05) is 32.6 Å². The molecule has 3 heteroatoms. The van der Waals surface area contributed by atoms with E-state index in [1.807, 2.05) is 0 Å². The molecule has 0 aromatic heterocycles. The van der Waals surface area contributed by atoms with Gasteiger partial charge in [-0.15, -0.1) is 0 Å². The standard InChI is InChI=1S/C16H24N2O/c1-12-3-4-14-5-6-16(19-15(14)13(12)2)7-9-18(11-16)10-8-17/h3-4H,5-11,17H2,1-2H3. The minimum absolute atomic E-state index is 0.0424. The first-order chi connectivity index (χ1) is 9.13. The van der Waals surface area contributed by atoms with Crippen LogP contribution in [0.5, 0.6) is 5.75 Å². The van der Waals surface area contributed by atoms with Gasteiger partial charge in [-0.25, -0.2) is 0 Å². The highest BCUT2D eigenvalue weighted by atomic mass is 16.5. The van der Waals surface area contributed by atoms with Crippen LogP contribution >= 0.6 is 0 Å². The Morgan fingerprint density at radius 3 is 2.95 bits per heavy atom. The van der Waals surface area contributed by atoms with Crippen molar-refractivity contribution in [1.29, 1.82) is 0 Å². The third kappa shape index (κ3) is 2.26. The molecule has 104 valence electrons. The summed E-state index contributed by atoms with van der Waals surface area (Å²) >= 11 is 0. The van der Waals surface area contributed by atoms with E-state index in [0.29, 0.717) is 0 Å². The van der Waals surface area contributed by atoms with E-state index >= 15 is 0 Å². The average molecular weight is 260 g/mol. The molecule has 1 spiro atoms. The van der Waals surface area contributed by atoms with Crippen LogP contribution in [0.25, 0.3) is 0 Å². The molecule has 0 bridgehead atoms. The first-order valence-corrected chi connectivity index (χ1v) is 7.34. The molecule has 1 aromatic carbocycles. The quantitative estimate of drug-likeness (QED) is 0.884. The van der Waals surface area contributed by atoms with Crippen LogP contribution in [0.2, 0.25) is 0 Å². The van der Waals surface area contributed by atoms with Crippen LogP contribution < -0.4 is 10.5 Å². The van der Waals surface area contributed by atoms with Crippen LogP contribution in [0.1, 0.15) is 29.5 Å². The molecule has 19 heavy (non-hydrogen) atoms. The van der Waals surface area contributed by atoms with E-state index in [1.54, 1.807) is 0 Å². The van der Waals surface area contributed by atoms with Crippen molar-refractivity contribution in [1.82, 2.24) is 4.90 Å². The van der Waals surface area contributed by atoms with Crippen molar-refractivity contribution in [2.24, 2.45) is 5.73 Å². The summed E-state index contributed by atoms with van der Waals surface area (Å²) in [5, 5.41) is 0. The number of rotatable bonds is 2. The Kier molecular flexibility index (Phi) is 3.27. The minimum atomic E-state index is 0.0424. The van der Waals surface area contributed by atoms with E-state index in [1.165, 1.54) is 16.7 Å². The monoisotopic (exact) mass is 260 g/mol. The summed E-state index contributed by atoms with van der Waals surface area (Å²) < 4.78 is 6.49. The normalized spacial score (nSPS) is 26.5. The molecule has 2 N–H and O–H groups in total. The first-order valence-electron chi connectivity index (χ1n) is 7.34. The molecule has 2 aliphatic heterocycles. The molecule has 2 heterocycles. The van der Waals surface area contributed by atoms with Crippen LogP contribution in [0.4, 0.5) is 0 Å². The van der Waals surface area contributed by atoms with Crippen molar-refractivity contribution in [3.63, 3.8) is 0 Å². The molecule has 1 aromatic rings. The van der Waals surface area contributed by atoms with Gasteiger partial charge in [-0.2, -0.15) is 0 Å². The summed E-state index contributed by atoms with van der Waals surface area (Å²) in [5.41, 5.74) is 9.73. The smallest absolute Gasteiger partial charge is 0.126 e. The lowest BCUT2D eigenvalue weighted by atomic mass is 9.88. The zero-order chi connectivity index (χ0) is 13.5. The van der Waals surface area contributed by atoms with E-state index < -0.39 is 0 Å². The van der Waals surface area contributed by atoms with Crippen molar-refractivity contribution in [3.8, 4) is 5.75 Å². The summed E-state index contributed by atoms with van der Waals surface area (Å²) in [5.74, 6) is 1.15. The number of fused-ring (bicyclic) bond motifs is 1. The third-order valence-corrected chi connectivity index (χ3v) is 4.77. The van der Waals surface area contributed by atoms with Crippen LogP contribution in [0.15, 0.2) is 12.1 Å². The second-order valence-electron chi connectivity index (χ2n) is 6.10. The maximum absolute atomic E-state index is 6.49. The number of likely N-dealkylation sites (tertiary alicyclic amines) is 1. The molecule has 0 amide bonds. The largest absolute Gasteiger partial charge is 0.485 e. The zero-order valence-corrected chi connectivity index (χ0v) is 12.0. The number of benzene rings is 1. The summed E-state index contributed by atoms with van der Waals surface area (Å²) in [4.78, 5) is 2.44. The Bertz CT molecular complexity index is 486. The Labute approximate surface area is 115 Å². The third-order valence-electron chi connectivity index (χ3n) is 4.77. The molecule has 1 unspecified atom stereocenters. The van der Waals surface area contributed by atoms with E-state index in [9.17, 15) is 0 Å². The number of hydrogen-bond acceptors (Lipinski definition) is 3. The summed E-state index contributed by atoms with van der Waals surface area (Å²) in [6.45, 7) is 8.24. The van der Waals surface area contributed by atoms with Gasteiger partial charge in [0.05, 0.1) is 0 Å². The van der Waals surface area contributed by atoms with Gasteiger partial charge in [0.1, 0.15) is 11.4 Å². The highest BCUT2D eigenvalue weighted by Crippen LogP contribution is 2.41. The zero-order valence-electron chi connectivity index (χ0n) is 12.0. The van der Waals surface area contributed by atoms with Gasteiger partial charge in [0.2, 0.25) is 0 Å². The van der Waals surface area contributed by atoms with Crippen molar-refractivity contribution in [2.45, 2.75) is 38.7 Å². The molecule has 3 nitrogen and oxygen atoms in total. The Morgan fingerprint density at radius 2 is 2.16 bits per heavy atom. The fraction of sp³-hybridized carbons (Fsp3) is 0.625. The fourth-order valence-electron chi connectivity index (χ4n) is 3.40. The molecule has 0 saturated carbocycles. The number of aryl methyl sites for hydroxylation is 2. The minimum Gasteiger partial charge on any atom is -0.485 e. The van der Waals surface area contributed by atoms with Gasteiger partial charge in [-0.05, 0) is 43.4 Å². The first kappa shape index (κ1) is 12.9. The summed E-state index contributed by atoms with van der Waals surface area (Å²) in [7, 11) is 0. The van der Waals surface area contributed by atoms with Crippen LogP contribution in [-0.2, 0) is 6.42 Å². The van der Waals surface area contributed by atoms with Crippen molar-refractivity contribution in [3.05, 3.63) is 28.8 Å². The highest BCUT2D eigenvalue weighted by Gasteiger charge is 2.42. The van der Waals surface area contributed by atoms with E-state index in [0.717, 1.165) is 51.2 Å². The Balaban J connectivity index is 1.84. The lowest BCUT2D eigenvalue weighted by Gasteiger charge is -2.37. The van der Waals surface area contributed by atoms with Gasteiger partial charge < -0.3 is 10.5 Å². The van der Waals surface area contributed by atoms with Gasteiger partial charge in [0.25, 0.3) is 0 Å². The molecular formula is C16H24N2O. The van der Waals surface area contributed by atoms with E-state index in [-0.39, 0.29) is 5.60 Å². The summed E-state index contributed by atoms with van der Waals surface area (Å²) in [6, 6.07) is 4.45.